The molecule has 0 aliphatic carbocycles. The van der Waals surface area contributed by atoms with Gasteiger partial charge in [0.2, 0.25) is 10.0 Å². The molecule has 0 saturated heterocycles. The van der Waals surface area contributed by atoms with Gasteiger partial charge in [-0.3, -0.25) is 4.79 Å². The molecule has 8 heteroatoms. The molecule has 0 bridgehead atoms. The lowest BCUT2D eigenvalue weighted by Gasteiger charge is -2.10. The minimum atomic E-state index is -3.67. The van der Waals surface area contributed by atoms with Gasteiger partial charge in [0.25, 0.3) is 5.56 Å². The summed E-state index contributed by atoms with van der Waals surface area (Å²) in [5.74, 6) is 0.760. The van der Waals surface area contributed by atoms with Gasteiger partial charge in [0.1, 0.15) is 5.75 Å². The van der Waals surface area contributed by atoms with Crippen LogP contribution in [0.2, 0.25) is 0 Å². The number of rotatable bonds is 8. The number of nitrogens with zero attached hydrogens (tertiary/aromatic N) is 2. The van der Waals surface area contributed by atoms with E-state index in [1.807, 2.05) is 51.1 Å². The number of ether oxygens (including phenoxy) is 1. The molecule has 1 heterocycles. The molecule has 0 amide bonds. The second kappa shape index (κ2) is 9.23. The minimum Gasteiger partial charge on any atom is -0.494 e. The van der Waals surface area contributed by atoms with Crippen molar-refractivity contribution in [3.63, 3.8) is 0 Å². The summed E-state index contributed by atoms with van der Waals surface area (Å²) in [4.78, 5) is 12.4. The lowest BCUT2D eigenvalue weighted by Crippen LogP contribution is -2.32. The Hall–Kier alpha value is -2.97. The summed E-state index contributed by atoms with van der Waals surface area (Å²) in [5.41, 5.74) is 2.90. The van der Waals surface area contributed by atoms with Crippen LogP contribution >= 0.6 is 0 Å². The van der Waals surface area contributed by atoms with E-state index in [9.17, 15) is 13.2 Å². The largest absolute Gasteiger partial charge is 0.494 e. The van der Waals surface area contributed by atoms with Crippen LogP contribution in [0.5, 0.6) is 5.75 Å². The molecule has 2 aromatic carbocycles. The number of benzene rings is 2. The number of aryl methyl sites for hydroxylation is 2. The maximum absolute atomic E-state index is 12.6. The molecule has 1 aromatic heterocycles. The van der Waals surface area contributed by atoms with Crippen molar-refractivity contribution in [2.75, 3.05) is 13.2 Å². The van der Waals surface area contributed by atoms with Gasteiger partial charge in [0.05, 0.1) is 23.7 Å². The Morgan fingerprint density at radius 3 is 2.30 bits per heavy atom. The molecule has 0 unspecified atom stereocenters. The van der Waals surface area contributed by atoms with Crippen molar-refractivity contribution < 1.29 is 13.2 Å². The van der Waals surface area contributed by atoms with Gasteiger partial charge in [-0.1, -0.05) is 6.07 Å². The van der Waals surface area contributed by atoms with Gasteiger partial charge in [0.15, 0.2) is 0 Å². The first-order chi connectivity index (χ1) is 14.3. The highest BCUT2D eigenvalue weighted by Crippen LogP contribution is 2.20. The maximum Gasteiger partial charge on any atom is 0.266 e. The predicted octanol–water partition coefficient (Wildman–Crippen LogP) is 2.90. The van der Waals surface area contributed by atoms with E-state index in [1.165, 1.54) is 10.7 Å². The summed E-state index contributed by atoms with van der Waals surface area (Å²) in [6, 6.07) is 15.6. The maximum atomic E-state index is 12.6. The third kappa shape index (κ3) is 5.34. The lowest BCUT2D eigenvalue weighted by atomic mass is 10.1. The van der Waals surface area contributed by atoms with Crippen LogP contribution in [-0.2, 0) is 16.6 Å². The first kappa shape index (κ1) is 21.7. The first-order valence-corrected chi connectivity index (χ1v) is 11.2. The molecule has 0 aliphatic rings. The van der Waals surface area contributed by atoms with E-state index >= 15 is 0 Å². The normalized spacial score (nSPS) is 11.4. The Kier molecular flexibility index (Phi) is 6.69. The van der Waals surface area contributed by atoms with E-state index in [-0.39, 0.29) is 23.5 Å². The van der Waals surface area contributed by atoms with E-state index in [0.717, 1.165) is 22.4 Å². The Bertz CT molecular complexity index is 1170. The van der Waals surface area contributed by atoms with Gasteiger partial charge in [-0.05, 0) is 74.4 Å². The number of aromatic nitrogens is 2. The van der Waals surface area contributed by atoms with Crippen LogP contribution in [0.1, 0.15) is 18.1 Å². The Labute approximate surface area is 176 Å². The third-order valence-electron chi connectivity index (χ3n) is 4.45. The van der Waals surface area contributed by atoms with Gasteiger partial charge in [0, 0.05) is 18.2 Å². The highest BCUT2D eigenvalue weighted by Gasteiger charge is 2.14. The highest BCUT2D eigenvalue weighted by atomic mass is 32.2. The van der Waals surface area contributed by atoms with Crippen LogP contribution in [0.25, 0.3) is 11.3 Å². The second-order valence-electron chi connectivity index (χ2n) is 6.96. The summed E-state index contributed by atoms with van der Waals surface area (Å²) in [5, 5.41) is 4.37. The van der Waals surface area contributed by atoms with Crippen LogP contribution in [0.4, 0.5) is 0 Å². The zero-order valence-electron chi connectivity index (χ0n) is 17.3. The highest BCUT2D eigenvalue weighted by molar-refractivity contribution is 7.89. The fourth-order valence-electron chi connectivity index (χ4n) is 3.11. The molecule has 3 aromatic rings. The monoisotopic (exact) mass is 427 g/mol. The van der Waals surface area contributed by atoms with Crippen molar-refractivity contribution in [1.82, 2.24) is 14.5 Å². The topological polar surface area (TPSA) is 90.3 Å². The molecule has 3 rings (SSSR count). The Morgan fingerprint density at radius 2 is 1.67 bits per heavy atom. The lowest BCUT2D eigenvalue weighted by molar-refractivity contribution is 0.340. The van der Waals surface area contributed by atoms with E-state index in [0.29, 0.717) is 12.3 Å². The number of hydrogen-bond donors (Lipinski definition) is 1. The third-order valence-corrected chi connectivity index (χ3v) is 5.89. The van der Waals surface area contributed by atoms with Crippen molar-refractivity contribution in [3.05, 3.63) is 76.1 Å². The Morgan fingerprint density at radius 1 is 1.00 bits per heavy atom. The summed E-state index contributed by atoms with van der Waals surface area (Å²) in [6.45, 7) is 6.37. The van der Waals surface area contributed by atoms with E-state index < -0.39 is 10.0 Å². The van der Waals surface area contributed by atoms with E-state index in [2.05, 4.69) is 9.82 Å². The molecular formula is C22H25N3O4S. The zero-order valence-corrected chi connectivity index (χ0v) is 18.1. The minimum absolute atomic E-state index is 0.0506. The van der Waals surface area contributed by atoms with Crippen LogP contribution in [0, 0.1) is 13.8 Å². The number of sulfonamides is 1. The van der Waals surface area contributed by atoms with Crippen molar-refractivity contribution in [1.29, 1.82) is 0 Å². The summed E-state index contributed by atoms with van der Waals surface area (Å²) in [7, 11) is -3.67. The Balaban J connectivity index is 1.72. The quantitative estimate of drug-likeness (QED) is 0.597. The van der Waals surface area contributed by atoms with Crippen molar-refractivity contribution in [3.8, 4) is 17.0 Å². The zero-order chi connectivity index (χ0) is 21.7. The number of nitrogens with one attached hydrogen (secondary N) is 1. The van der Waals surface area contributed by atoms with E-state index in [4.69, 9.17) is 4.74 Å². The fraction of sp³-hybridized carbons (Fsp3) is 0.273. The van der Waals surface area contributed by atoms with E-state index in [1.54, 1.807) is 18.2 Å². The molecule has 30 heavy (non-hydrogen) atoms. The predicted molar refractivity (Wildman–Crippen MR) is 116 cm³/mol. The molecule has 0 radical (unpaired) electrons. The smallest absolute Gasteiger partial charge is 0.266 e. The fourth-order valence-corrected chi connectivity index (χ4v) is 4.32. The van der Waals surface area contributed by atoms with Crippen LogP contribution < -0.4 is 15.0 Å². The average molecular weight is 428 g/mol. The van der Waals surface area contributed by atoms with Gasteiger partial charge >= 0.3 is 0 Å². The molecule has 0 spiro atoms. The van der Waals surface area contributed by atoms with Crippen LogP contribution in [0.15, 0.2) is 64.3 Å². The van der Waals surface area contributed by atoms with Crippen LogP contribution in [0.3, 0.4) is 0 Å². The standard InChI is InChI=1S/C22H25N3O4S/c1-4-29-19-7-5-18(6-8-19)21-9-10-22(26)25(24-21)12-11-23-30(27,28)20-14-16(2)13-17(3)15-20/h5-10,13-15,23H,4,11-12H2,1-3H3. The molecule has 0 aliphatic heterocycles. The molecule has 0 fully saturated rings. The van der Waals surface area contributed by atoms with Crippen LogP contribution in [-0.4, -0.2) is 31.3 Å². The van der Waals surface area contributed by atoms with Crippen molar-refractivity contribution in [2.45, 2.75) is 32.2 Å². The number of hydrogen-bond acceptors (Lipinski definition) is 5. The molecule has 0 saturated carbocycles. The van der Waals surface area contributed by atoms with Gasteiger partial charge in [-0.15, -0.1) is 0 Å². The summed E-state index contributed by atoms with van der Waals surface area (Å²) < 4.78 is 34.3. The van der Waals surface area contributed by atoms with Gasteiger partial charge in [-0.2, -0.15) is 5.10 Å². The summed E-state index contributed by atoms with van der Waals surface area (Å²) in [6.07, 6.45) is 0. The van der Waals surface area contributed by atoms with Gasteiger partial charge < -0.3 is 4.74 Å². The molecule has 1 N–H and O–H groups in total. The van der Waals surface area contributed by atoms with Crippen molar-refractivity contribution >= 4 is 10.0 Å². The average Bonchev–Trinajstić information content (AvgIpc) is 2.69. The first-order valence-electron chi connectivity index (χ1n) is 9.68. The molecule has 7 nitrogen and oxygen atoms in total. The molecular weight excluding hydrogens is 402 g/mol. The van der Waals surface area contributed by atoms with Crippen molar-refractivity contribution in [2.24, 2.45) is 0 Å². The molecule has 0 atom stereocenters. The summed E-state index contributed by atoms with van der Waals surface area (Å²) >= 11 is 0. The SMILES string of the molecule is CCOc1ccc(-c2ccc(=O)n(CCNS(=O)(=O)c3cc(C)cc(C)c3)n2)cc1. The second-order valence-corrected chi connectivity index (χ2v) is 8.73. The van der Waals surface area contributed by atoms with Gasteiger partial charge in [-0.25, -0.2) is 17.8 Å². The molecule has 158 valence electrons.